The van der Waals surface area contributed by atoms with Crippen molar-refractivity contribution in [1.29, 1.82) is 0 Å². The van der Waals surface area contributed by atoms with Gasteiger partial charge in [-0.2, -0.15) is 0 Å². The molecule has 0 saturated carbocycles. The smallest absolute Gasteiger partial charge is 0.343 e. The lowest BCUT2D eigenvalue weighted by molar-refractivity contribution is -0.117. The Bertz CT molecular complexity index is 635. The Kier molecular flexibility index (Phi) is 4.62. The van der Waals surface area contributed by atoms with Crippen LogP contribution in [-0.4, -0.2) is 25.9 Å². The fraction of sp³-hybridized carbons (Fsp3) is 0.308. The van der Waals surface area contributed by atoms with E-state index < -0.39 is 11.2 Å². The monoisotopic (exact) mass is 292 g/mol. The average molecular weight is 292 g/mol. The highest BCUT2D eigenvalue weighted by Crippen LogP contribution is 2.19. The first-order chi connectivity index (χ1) is 9.58. The van der Waals surface area contributed by atoms with Gasteiger partial charge in [-0.05, 0) is 18.9 Å². The van der Waals surface area contributed by atoms with Crippen LogP contribution in [-0.2, 0) is 17.8 Å². The van der Waals surface area contributed by atoms with E-state index in [1.54, 1.807) is 6.92 Å². The molecule has 1 aromatic heterocycles. The van der Waals surface area contributed by atoms with E-state index in [2.05, 4.69) is 10.2 Å². The van der Waals surface area contributed by atoms with Gasteiger partial charge in [0, 0.05) is 6.54 Å². The molecule has 0 aliphatic rings. The SMILES string of the molecule is C[C@H](Sc1n[nH]c(=O)n1CCc1ccccc1)C(N)=O. The van der Waals surface area contributed by atoms with Crippen molar-refractivity contribution in [3.63, 3.8) is 0 Å². The molecule has 0 unspecified atom stereocenters. The van der Waals surface area contributed by atoms with Crippen LogP contribution in [0.4, 0.5) is 0 Å². The molecule has 7 heteroatoms. The molecule has 2 rings (SSSR count). The number of nitrogens with two attached hydrogens (primary N) is 1. The number of aryl methyl sites for hydroxylation is 1. The van der Waals surface area contributed by atoms with E-state index in [1.165, 1.54) is 16.3 Å². The van der Waals surface area contributed by atoms with Crippen molar-refractivity contribution in [3.8, 4) is 0 Å². The van der Waals surface area contributed by atoms with Gasteiger partial charge in [0.1, 0.15) is 0 Å². The topological polar surface area (TPSA) is 93.8 Å². The van der Waals surface area contributed by atoms with Crippen LogP contribution < -0.4 is 11.4 Å². The number of nitrogens with one attached hydrogen (secondary N) is 1. The van der Waals surface area contributed by atoms with Gasteiger partial charge in [0.05, 0.1) is 5.25 Å². The van der Waals surface area contributed by atoms with Gasteiger partial charge in [-0.3, -0.25) is 9.36 Å². The third-order valence-electron chi connectivity index (χ3n) is 2.87. The zero-order valence-electron chi connectivity index (χ0n) is 11.1. The van der Waals surface area contributed by atoms with Gasteiger partial charge >= 0.3 is 5.69 Å². The molecule has 0 spiro atoms. The Morgan fingerprint density at radius 1 is 1.45 bits per heavy atom. The zero-order chi connectivity index (χ0) is 14.5. The van der Waals surface area contributed by atoms with Gasteiger partial charge in [-0.1, -0.05) is 42.1 Å². The van der Waals surface area contributed by atoms with E-state index >= 15 is 0 Å². The van der Waals surface area contributed by atoms with Crippen LogP contribution in [0.2, 0.25) is 0 Å². The summed E-state index contributed by atoms with van der Waals surface area (Å²) < 4.78 is 1.52. The minimum atomic E-state index is -0.431. The standard InChI is InChI=1S/C13H16N4O2S/c1-9(11(14)18)20-13-16-15-12(19)17(13)8-7-10-5-3-2-4-6-10/h2-6,9H,7-8H2,1H3,(H2,14,18)(H,15,19)/t9-/m0/s1. The van der Waals surface area contributed by atoms with Crippen molar-refractivity contribution in [2.75, 3.05) is 0 Å². The number of nitrogens with zero attached hydrogens (tertiary/aromatic N) is 2. The van der Waals surface area contributed by atoms with Crippen LogP contribution in [0.25, 0.3) is 0 Å². The molecule has 1 heterocycles. The molecule has 6 nitrogen and oxygen atoms in total. The van der Waals surface area contributed by atoms with Crippen molar-refractivity contribution in [3.05, 3.63) is 46.4 Å². The third kappa shape index (κ3) is 3.51. The second kappa shape index (κ2) is 6.42. The number of hydrogen-bond donors (Lipinski definition) is 2. The molecule has 1 atom stereocenters. The molecule has 1 amide bonds. The average Bonchev–Trinajstić information content (AvgIpc) is 2.78. The van der Waals surface area contributed by atoms with E-state index in [0.717, 1.165) is 12.0 Å². The Balaban J connectivity index is 2.09. The highest BCUT2D eigenvalue weighted by atomic mass is 32.2. The van der Waals surface area contributed by atoms with Gasteiger partial charge in [-0.25, -0.2) is 9.89 Å². The largest absolute Gasteiger partial charge is 0.369 e. The predicted octanol–water partition coefficient (Wildman–Crippen LogP) is 0.780. The number of rotatable bonds is 6. The van der Waals surface area contributed by atoms with Gasteiger partial charge in [0.15, 0.2) is 5.16 Å². The summed E-state index contributed by atoms with van der Waals surface area (Å²) in [5.41, 5.74) is 6.08. The minimum absolute atomic E-state index is 0.278. The van der Waals surface area contributed by atoms with Crippen LogP contribution in [0, 0.1) is 0 Å². The summed E-state index contributed by atoms with van der Waals surface area (Å²) in [7, 11) is 0. The molecule has 0 fully saturated rings. The summed E-state index contributed by atoms with van der Waals surface area (Å²) in [6, 6.07) is 9.87. The minimum Gasteiger partial charge on any atom is -0.369 e. The summed E-state index contributed by atoms with van der Waals surface area (Å²) in [6.45, 7) is 2.20. The first-order valence-electron chi connectivity index (χ1n) is 6.23. The summed E-state index contributed by atoms with van der Waals surface area (Å²) in [5.74, 6) is -0.431. The maximum Gasteiger partial charge on any atom is 0.343 e. The summed E-state index contributed by atoms with van der Waals surface area (Å²) >= 11 is 1.18. The van der Waals surface area contributed by atoms with Crippen LogP contribution in [0.15, 0.2) is 40.3 Å². The molecule has 2 aromatic rings. The molecule has 0 aliphatic heterocycles. The number of amides is 1. The number of aromatic amines is 1. The Hall–Kier alpha value is -2.02. The van der Waals surface area contributed by atoms with Crippen LogP contribution in [0.5, 0.6) is 0 Å². The van der Waals surface area contributed by atoms with Crippen LogP contribution >= 0.6 is 11.8 Å². The molecule has 106 valence electrons. The number of thioether (sulfide) groups is 1. The Morgan fingerprint density at radius 2 is 2.15 bits per heavy atom. The summed E-state index contributed by atoms with van der Waals surface area (Å²) in [5, 5.41) is 6.39. The van der Waals surface area contributed by atoms with Gasteiger partial charge in [0.25, 0.3) is 0 Å². The Morgan fingerprint density at radius 3 is 2.80 bits per heavy atom. The number of hydrogen-bond acceptors (Lipinski definition) is 4. The summed E-state index contributed by atoms with van der Waals surface area (Å²) in [6.07, 6.45) is 0.721. The molecule has 0 saturated heterocycles. The van der Waals surface area contributed by atoms with Crippen molar-refractivity contribution in [2.24, 2.45) is 5.73 Å². The van der Waals surface area contributed by atoms with E-state index in [4.69, 9.17) is 5.73 Å². The van der Waals surface area contributed by atoms with Crippen molar-refractivity contribution >= 4 is 17.7 Å². The molecular formula is C13H16N4O2S. The number of H-pyrrole nitrogens is 1. The molecular weight excluding hydrogens is 276 g/mol. The van der Waals surface area contributed by atoms with E-state index in [9.17, 15) is 9.59 Å². The molecule has 3 N–H and O–H groups in total. The fourth-order valence-corrected chi connectivity index (χ4v) is 2.52. The highest BCUT2D eigenvalue weighted by molar-refractivity contribution is 8.00. The molecule has 1 aromatic carbocycles. The van der Waals surface area contributed by atoms with E-state index in [0.29, 0.717) is 11.7 Å². The zero-order valence-corrected chi connectivity index (χ0v) is 11.9. The molecule has 0 bridgehead atoms. The van der Waals surface area contributed by atoms with Crippen molar-refractivity contribution < 1.29 is 4.79 Å². The summed E-state index contributed by atoms with van der Waals surface area (Å²) in [4.78, 5) is 22.8. The number of benzene rings is 1. The maximum atomic E-state index is 11.7. The first-order valence-corrected chi connectivity index (χ1v) is 7.11. The lowest BCUT2D eigenvalue weighted by atomic mass is 10.1. The first kappa shape index (κ1) is 14.4. The quantitative estimate of drug-likeness (QED) is 0.769. The predicted molar refractivity (Wildman–Crippen MR) is 77.5 cm³/mol. The van der Waals surface area contributed by atoms with E-state index in [1.807, 2.05) is 30.3 Å². The van der Waals surface area contributed by atoms with Gasteiger partial charge in [-0.15, -0.1) is 5.10 Å². The van der Waals surface area contributed by atoms with Gasteiger partial charge in [0.2, 0.25) is 5.91 Å². The lowest BCUT2D eigenvalue weighted by Gasteiger charge is -2.08. The van der Waals surface area contributed by atoms with Crippen molar-refractivity contribution in [2.45, 2.75) is 30.3 Å². The van der Waals surface area contributed by atoms with E-state index in [-0.39, 0.29) is 5.69 Å². The molecule has 0 aliphatic carbocycles. The molecule has 20 heavy (non-hydrogen) atoms. The van der Waals surface area contributed by atoms with Crippen LogP contribution in [0.1, 0.15) is 12.5 Å². The van der Waals surface area contributed by atoms with Crippen LogP contribution in [0.3, 0.4) is 0 Å². The number of carbonyl (C=O) groups is 1. The number of aromatic nitrogens is 3. The number of carbonyl (C=O) groups excluding carboxylic acids is 1. The normalized spacial score (nSPS) is 12.2. The maximum absolute atomic E-state index is 11.7. The van der Waals surface area contributed by atoms with Crippen molar-refractivity contribution in [1.82, 2.24) is 14.8 Å². The third-order valence-corrected chi connectivity index (χ3v) is 3.98. The number of primary amides is 1. The van der Waals surface area contributed by atoms with Gasteiger partial charge < -0.3 is 5.73 Å². The molecule has 0 radical (unpaired) electrons. The highest BCUT2D eigenvalue weighted by Gasteiger charge is 2.16. The second-order valence-electron chi connectivity index (χ2n) is 4.36. The Labute approximate surface area is 120 Å². The second-order valence-corrected chi connectivity index (χ2v) is 5.67. The lowest BCUT2D eigenvalue weighted by Crippen LogP contribution is -2.24. The fourth-order valence-electron chi connectivity index (χ4n) is 1.69.